The van der Waals surface area contributed by atoms with Crippen molar-refractivity contribution in [3.8, 4) is 0 Å². The Balaban J connectivity index is 0.00000243. The molecule has 6 nitrogen and oxygen atoms in total. The molecular formula is C18H23ClN4O2S. The minimum Gasteiger partial charge on any atom is -0.334 e. The van der Waals surface area contributed by atoms with Crippen molar-refractivity contribution in [3.05, 3.63) is 47.3 Å². The first kappa shape index (κ1) is 20.2. The van der Waals surface area contributed by atoms with Crippen LogP contribution in [0, 0.1) is 0 Å². The fourth-order valence-corrected chi connectivity index (χ4v) is 3.83. The lowest BCUT2D eigenvalue weighted by atomic mass is 10.0. The number of carbonyl (C=O) groups excluding carboxylic acids is 2. The number of hydrogen-bond acceptors (Lipinski definition) is 4. The van der Waals surface area contributed by atoms with Gasteiger partial charge in [0.05, 0.1) is 9.88 Å². The standard InChI is InChI=1S/C18H22N4O2S.ClH/c19-12-14-8-4-5-11-22(14)17(23)15-9-10-16(25-15)21-18(24)20-13-6-2-1-3-7-13;/h1-3,6-7,9-10,14H,4-5,8,11-12,19H2,(H2,20,21,24);1H. The molecule has 0 aliphatic carbocycles. The number of piperidine rings is 1. The van der Waals surface area contributed by atoms with Gasteiger partial charge in [0.1, 0.15) is 0 Å². The van der Waals surface area contributed by atoms with Gasteiger partial charge in [-0.1, -0.05) is 18.2 Å². The number of halogens is 1. The maximum absolute atomic E-state index is 12.7. The second kappa shape index (κ2) is 9.56. The van der Waals surface area contributed by atoms with Crippen molar-refractivity contribution in [2.24, 2.45) is 5.73 Å². The molecule has 140 valence electrons. The van der Waals surface area contributed by atoms with E-state index in [2.05, 4.69) is 10.6 Å². The molecule has 26 heavy (non-hydrogen) atoms. The number of rotatable bonds is 4. The van der Waals surface area contributed by atoms with E-state index in [0.29, 0.717) is 22.1 Å². The maximum atomic E-state index is 12.7. The van der Waals surface area contributed by atoms with E-state index in [1.54, 1.807) is 12.1 Å². The van der Waals surface area contributed by atoms with Crippen molar-refractivity contribution in [2.75, 3.05) is 23.7 Å². The number of likely N-dealkylation sites (tertiary alicyclic amines) is 1. The average molecular weight is 395 g/mol. The molecule has 1 aromatic carbocycles. The smallest absolute Gasteiger partial charge is 0.324 e. The number of nitrogens with zero attached hydrogens (tertiary/aromatic N) is 1. The van der Waals surface area contributed by atoms with Gasteiger partial charge in [-0.05, 0) is 43.5 Å². The van der Waals surface area contributed by atoms with Crippen molar-refractivity contribution in [1.29, 1.82) is 0 Å². The lowest BCUT2D eigenvalue weighted by Gasteiger charge is -2.34. The number of benzene rings is 1. The Hall–Kier alpha value is -2.09. The number of hydrogen-bond donors (Lipinski definition) is 3. The fourth-order valence-electron chi connectivity index (χ4n) is 2.97. The first-order valence-corrected chi connectivity index (χ1v) is 9.23. The Kier molecular flexibility index (Phi) is 7.44. The van der Waals surface area contributed by atoms with Crippen molar-refractivity contribution in [2.45, 2.75) is 25.3 Å². The zero-order chi connectivity index (χ0) is 17.6. The molecule has 4 N–H and O–H groups in total. The molecule has 1 unspecified atom stereocenters. The van der Waals surface area contributed by atoms with Crippen LogP contribution in [0.3, 0.4) is 0 Å². The second-order valence-electron chi connectivity index (χ2n) is 5.99. The molecule has 1 aliphatic heterocycles. The van der Waals surface area contributed by atoms with Gasteiger partial charge in [-0.3, -0.25) is 10.1 Å². The molecule has 1 aromatic heterocycles. The summed E-state index contributed by atoms with van der Waals surface area (Å²) in [6, 6.07) is 12.5. The summed E-state index contributed by atoms with van der Waals surface area (Å²) in [5, 5.41) is 6.16. The summed E-state index contributed by atoms with van der Waals surface area (Å²) in [7, 11) is 0. The van der Waals surface area contributed by atoms with Gasteiger partial charge in [0, 0.05) is 24.8 Å². The van der Waals surface area contributed by atoms with E-state index in [9.17, 15) is 9.59 Å². The van der Waals surface area contributed by atoms with Crippen molar-refractivity contribution >= 4 is 46.4 Å². The highest BCUT2D eigenvalue weighted by molar-refractivity contribution is 7.18. The largest absolute Gasteiger partial charge is 0.334 e. The van der Waals surface area contributed by atoms with Gasteiger partial charge in [0.15, 0.2) is 0 Å². The minimum atomic E-state index is -0.329. The number of carbonyl (C=O) groups is 2. The molecule has 2 heterocycles. The molecule has 0 radical (unpaired) electrons. The highest BCUT2D eigenvalue weighted by Gasteiger charge is 2.27. The van der Waals surface area contributed by atoms with Crippen LogP contribution in [0.2, 0.25) is 0 Å². The maximum Gasteiger partial charge on any atom is 0.324 e. The molecule has 1 aliphatic rings. The van der Waals surface area contributed by atoms with Crippen molar-refractivity contribution < 1.29 is 9.59 Å². The molecule has 0 saturated carbocycles. The van der Waals surface area contributed by atoms with Gasteiger partial charge in [0.25, 0.3) is 5.91 Å². The summed E-state index contributed by atoms with van der Waals surface area (Å²) >= 11 is 1.28. The number of nitrogens with one attached hydrogen (secondary N) is 2. The molecule has 0 bridgehead atoms. The molecule has 2 aromatic rings. The Morgan fingerprint density at radius 2 is 1.88 bits per heavy atom. The Labute approximate surface area is 163 Å². The van der Waals surface area contributed by atoms with Crippen LogP contribution in [0.5, 0.6) is 0 Å². The van der Waals surface area contributed by atoms with E-state index < -0.39 is 0 Å². The second-order valence-corrected chi connectivity index (χ2v) is 7.08. The predicted octanol–water partition coefficient (Wildman–Crippen LogP) is 3.77. The number of urea groups is 1. The number of anilines is 2. The Bertz CT molecular complexity index is 738. The summed E-state index contributed by atoms with van der Waals surface area (Å²) in [5.41, 5.74) is 6.51. The van der Waals surface area contributed by atoms with Gasteiger partial charge < -0.3 is 16.0 Å². The third-order valence-electron chi connectivity index (χ3n) is 4.25. The van der Waals surface area contributed by atoms with Crippen LogP contribution in [0.15, 0.2) is 42.5 Å². The van der Waals surface area contributed by atoms with E-state index >= 15 is 0 Å². The van der Waals surface area contributed by atoms with Crippen LogP contribution >= 0.6 is 23.7 Å². The monoisotopic (exact) mass is 394 g/mol. The molecular weight excluding hydrogens is 372 g/mol. The molecule has 3 rings (SSSR count). The highest BCUT2D eigenvalue weighted by Crippen LogP contribution is 2.26. The SMILES string of the molecule is Cl.NCC1CCCCN1C(=O)c1ccc(NC(=O)Nc2ccccc2)s1. The number of para-hydroxylation sites is 1. The molecule has 1 fully saturated rings. The zero-order valence-corrected chi connectivity index (χ0v) is 15.9. The third kappa shape index (κ3) is 4.97. The molecule has 1 saturated heterocycles. The van der Waals surface area contributed by atoms with Crippen LogP contribution in [0.25, 0.3) is 0 Å². The van der Waals surface area contributed by atoms with E-state index in [1.807, 2.05) is 35.2 Å². The predicted molar refractivity (Wildman–Crippen MR) is 108 cm³/mol. The average Bonchev–Trinajstić information content (AvgIpc) is 3.10. The van der Waals surface area contributed by atoms with Gasteiger partial charge in [0.2, 0.25) is 0 Å². The summed E-state index contributed by atoms with van der Waals surface area (Å²) in [4.78, 5) is 27.2. The molecule has 1 atom stereocenters. The van der Waals surface area contributed by atoms with Crippen LogP contribution in [0.4, 0.5) is 15.5 Å². The first-order valence-electron chi connectivity index (χ1n) is 8.41. The molecule has 3 amide bonds. The van der Waals surface area contributed by atoms with E-state index in [-0.39, 0.29) is 30.4 Å². The highest BCUT2D eigenvalue weighted by atomic mass is 35.5. The summed E-state index contributed by atoms with van der Waals surface area (Å²) in [6.45, 7) is 1.23. The zero-order valence-electron chi connectivity index (χ0n) is 14.3. The lowest BCUT2D eigenvalue weighted by Crippen LogP contribution is -2.47. The van der Waals surface area contributed by atoms with Crippen LogP contribution in [0.1, 0.15) is 28.9 Å². The van der Waals surface area contributed by atoms with Gasteiger partial charge in [-0.2, -0.15) is 0 Å². The van der Waals surface area contributed by atoms with Crippen LogP contribution in [-0.4, -0.2) is 36.0 Å². The topological polar surface area (TPSA) is 87.5 Å². The summed E-state index contributed by atoms with van der Waals surface area (Å²) in [5.74, 6) is -0.00309. The number of amides is 3. The van der Waals surface area contributed by atoms with Crippen LogP contribution in [-0.2, 0) is 0 Å². The fraction of sp³-hybridized carbons (Fsp3) is 0.333. The first-order chi connectivity index (χ1) is 12.2. The molecule has 0 spiro atoms. The third-order valence-corrected chi connectivity index (χ3v) is 5.23. The quantitative estimate of drug-likeness (QED) is 0.737. The Morgan fingerprint density at radius 3 is 2.62 bits per heavy atom. The molecule has 8 heteroatoms. The van der Waals surface area contributed by atoms with E-state index in [1.165, 1.54) is 11.3 Å². The van der Waals surface area contributed by atoms with Crippen molar-refractivity contribution in [1.82, 2.24) is 4.90 Å². The normalized spacial score (nSPS) is 16.5. The van der Waals surface area contributed by atoms with Crippen LogP contribution < -0.4 is 16.4 Å². The van der Waals surface area contributed by atoms with Crippen molar-refractivity contribution in [3.63, 3.8) is 0 Å². The number of thiophene rings is 1. The summed E-state index contributed by atoms with van der Waals surface area (Å²) in [6.07, 6.45) is 3.08. The van der Waals surface area contributed by atoms with E-state index in [0.717, 1.165) is 25.8 Å². The summed E-state index contributed by atoms with van der Waals surface area (Å²) < 4.78 is 0. The van der Waals surface area contributed by atoms with Gasteiger partial charge in [-0.15, -0.1) is 23.7 Å². The lowest BCUT2D eigenvalue weighted by molar-refractivity contribution is 0.0628. The van der Waals surface area contributed by atoms with Gasteiger partial charge >= 0.3 is 6.03 Å². The minimum absolute atomic E-state index is 0. The van der Waals surface area contributed by atoms with Gasteiger partial charge in [-0.25, -0.2) is 4.79 Å². The number of nitrogens with two attached hydrogens (primary N) is 1. The Morgan fingerprint density at radius 1 is 1.12 bits per heavy atom. The van der Waals surface area contributed by atoms with E-state index in [4.69, 9.17) is 5.73 Å².